The molecular formula is C29H26ClN3O3. The van der Waals surface area contributed by atoms with Crippen LogP contribution in [0.5, 0.6) is 5.75 Å². The van der Waals surface area contributed by atoms with Gasteiger partial charge in [0.05, 0.1) is 5.02 Å². The van der Waals surface area contributed by atoms with Crippen molar-refractivity contribution < 1.29 is 14.3 Å². The number of hydrogen-bond donors (Lipinski definition) is 1. The number of halogens is 1. The van der Waals surface area contributed by atoms with Gasteiger partial charge in [0.2, 0.25) is 5.91 Å². The van der Waals surface area contributed by atoms with Gasteiger partial charge in [0.15, 0.2) is 6.61 Å². The summed E-state index contributed by atoms with van der Waals surface area (Å²) in [5.41, 5.74) is 2.45. The lowest BCUT2D eigenvalue weighted by molar-refractivity contribution is -0.143. The van der Waals surface area contributed by atoms with Gasteiger partial charge in [0, 0.05) is 25.5 Å². The Balaban J connectivity index is 1.62. The fraction of sp³-hybridized carbons (Fsp3) is 0.138. The quantitative estimate of drug-likeness (QED) is 0.325. The molecule has 0 aliphatic heterocycles. The third-order valence-electron chi connectivity index (χ3n) is 5.57. The molecule has 1 N–H and O–H groups in total. The molecule has 0 aliphatic rings. The molecule has 1 aromatic heterocycles. The molecule has 36 heavy (non-hydrogen) atoms. The van der Waals surface area contributed by atoms with Crippen LogP contribution in [0.3, 0.4) is 0 Å². The van der Waals surface area contributed by atoms with Crippen molar-refractivity contribution in [1.29, 1.82) is 0 Å². The first-order chi connectivity index (χ1) is 17.6. The van der Waals surface area contributed by atoms with Crippen LogP contribution in [-0.4, -0.2) is 28.3 Å². The Kier molecular flexibility index (Phi) is 8.67. The topological polar surface area (TPSA) is 71.5 Å². The molecule has 0 fully saturated rings. The number of amides is 2. The Morgan fingerprint density at radius 2 is 1.53 bits per heavy atom. The number of carbonyl (C=O) groups is 2. The molecule has 0 saturated heterocycles. The number of ether oxygens (including phenoxy) is 1. The van der Waals surface area contributed by atoms with E-state index < -0.39 is 6.04 Å². The molecule has 1 atom stereocenters. The standard InChI is InChI=1S/C29H26ClN3O3/c30-25-15-7-8-16-26(25)36-21-27(34)33(20-22-10-3-1-4-11-22)28(24-13-5-2-6-14-24)29(35)32-19-23-12-9-17-31-18-23/h1-18,28H,19-21H2,(H,32,35)/t28-/m0/s1. The van der Waals surface area contributed by atoms with Gasteiger partial charge in [0.25, 0.3) is 5.91 Å². The van der Waals surface area contributed by atoms with Gasteiger partial charge in [-0.2, -0.15) is 0 Å². The minimum absolute atomic E-state index is 0.228. The number of nitrogens with one attached hydrogen (secondary N) is 1. The number of benzene rings is 3. The predicted molar refractivity (Wildman–Crippen MR) is 139 cm³/mol. The van der Waals surface area contributed by atoms with Crippen LogP contribution in [0.4, 0.5) is 0 Å². The van der Waals surface area contributed by atoms with Crippen molar-refractivity contribution in [2.24, 2.45) is 0 Å². The van der Waals surface area contributed by atoms with E-state index in [1.54, 1.807) is 41.6 Å². The third kappa shape index (κ3) is 6.71. The molecule has 1 heterocycles. The molecule has 182 valence electrons. The lowest BCUT2D eigenvalue weighted by Crippen LogP contribution is -2.45. The number of pyridine rings is 1. The number of para-hydroxylation sites is 1. The maximum Gasteiger partial charge on any atom is 0.261 e. The molecule has 3 aromatic carbocycles. The Morgan fingerprint density at radius 1 is 0.861 bits per heavy atom. The van der Waals surface area contributed by atoms with E-state index in [2.05, 4.69) is 10.3 Å². The summed E-state index contributed by atoms with van der Waals surface area (Å²) < 4.78 is 5.75. The molecule has 7 heteroatoms. The molecule has 0 bridgehead atoms. The molecular weight excluding hydrogens is 474 g/mol. The summed E-state index contributed by atoms with van der Waals surface area (Å²) in [5.74, 6) is -0.235. The number of hydrogen-bond acceptors (Lipinski definition) is 4. The molecule has 0 radical (unpaired) electrons. The average Bonchev–Trinajstić information content (AvgIpc) is 2.92. The monoisotopic (exact) mass is 499 g/mol. The first kappa shape index (κ1) is 24.9. The van der Waals surface area contributed by atoms with E-state index in [-0.39, 0.29) is 25.0 Å². The van der Waals surface area contributed by atoms with Crippen molar-refractivity contribution in [3.63, 3.8) is 0 Å². The van der Waals surface area contributed by atoms with E-state index in [1.165, 1.54) is 0 Å². The van der Waals surface area contributed by atoms with Crippen LogP contribution in [0.2, 0.25) is 5.02 Å². The molecule has 0 saturated carbocycles. The predicted octanol–water partition coefficient (Wildman–Crippen LogP) is 5.20. The van der Waals surface area contributed by atoms with Gasteiger partial charge < -0.3 is 15.0 Å². The molecule has 0 unspecified atom stereocenters. The second-order valence-electron chi connectivity index (χ2n) is 8.12. The van der Waals surface area contributed by atoms with E-state index in [9.17, 15) is 9.59 Å². The molecule has 4 rings (SSSR count). The van der Waals surface area contributed by atoms with Gasteiger partial charge in [-0.15, -0.1) is 0 Å². The minimum Gasteiger partial charge on any atom is -0.482 e. The summed E-state index contributed by atoms with van der Waals surface area (Å²) in [6.45, 7) is 0.251. The number of rotatable bonds is 10. The Labute approximate surface area is 215 Å². The maximum absolute atomic E-state index is 13.6. The molecule has 6 nitrogen and oxygen atoms in total. The third-order valence-corrected chi connectivity index (χ3v) is 5.88. The Morgan fingerprint density at radius 3 is 2.22 bits per heavy atom. The van der Waals surface area contributed by atoms with Crippen molar-refractivity contribution in [3.05, 3.63) is 131 Å². The summed E-state index contributed by atoms with van der Waals surface area (Å²) in [6, 6.07) is 28.6. The summed E-state index contributed by atoms with van der Waals surface area (Å²) in [4.78, 5) is 32.8. The second-order valence-corrected chi connectivity index (χ2v) is 8.53. The van der Waals surface area contributed by atoms with Gasteiger partial charge in [-0.05, 0) is 34.9 Å². The van der Waals surface area contributed by atoms with Crippen LogP contribution in [0.1, 0.15) is 22.7 Å². The highest BCUT2D eigenvalue weighted by Gasteiger charge is 2.31. The number of carbonyl (C=O) groups excluding carboxylic acids is 2. The highest BCUT2D eigenvalue weighted by molar-refractivity contribution is 6.32. The van der Waals surface area contributed by atoms with Crippen LogP contribution in [0, 0.1) is 0 Å². The zero-order chi connectivity index (χ0) is 25.2. The SMILES string of the molecule is O=C(NCc1cccnc1)[C@H](c1ccccc1)N(Cc1ccccc1)C(=O)COc1ccccc1Cl. The Hall–Kier alpha value is -4.16. The van der Waals surface area contributed by atoms with Crippen molar-refractivity contribution in [1.82, 2.24) is 15.2 Å². The average molecular weight is 500 g/mol. The van der Waals surface area contributed by atoms with Crippen molar-refractivity contribution in [2.45, 2.75) is 19.1 Å². The summed E-state index contributed by atoms with van der Waals surface area (Å²) in [6.07, 6.45) is 3.37. The van der Waals surface area contributed by atoms with Crippen LogP contribution >= 0.6 is 11.6 Å². The molecule has 4 aromatic rings. The molecule has 2 amide bonds. The number of nitrogens with zero attached hydrogens (tertiary/aromatic N) is 2. The smallest absolute Gasteiger partial charge is 0.261 e. The van der Waals surface area contributed by atoms with Crippen LogP contribution < -0.4 is 10.1 Å². The molecule has 0 spiro atoms. The van der Waals surface area contributed by atoms with E-state index in [0.717, 1.165) is 11.1 Å². The highest BCUT2D eigenvalue weighted by Crippen LogP contribution is 2.26. The maximum atomic E-state index is 13.6. The summed E-state index contributed by atoms with van der Waals surface area (Å²) in [5, 5.41) is 3.38. The van der Waals surface area contributed by atoms with Gasteiger partial charge >= 0.3 is 0 Å². The summed E-state index contributed by atoms with van der Waals surface area (Å²) in [7, 11) is 0. The minimum atomic E-state index is -0.870. The van der Waals surface area contributed by atoms with E-state index >= 15 is 0 Å². The highest BCUT2D eigenvalue weighted by atomic mass is 35.5. The van der Waals surface area contributed by atoms with Crippen LogP contribution in [0.25, 0.3) is 0 Å². The fourth-order valence-corrected chi connectivity index (χ4v) is 3.97. The van der Waals surface area contributed by atoms with Gasteiger partial charge in [-0.1, -0.05) is 90.5 Å². The van der Waals surface area contributed by atoms with Crippen molar-refractivity contribution in [2.75, 3.05) is 6.61 Å². The molecule has 0 aliphatic carbocycles. The summed E-state index contributed by atoms with van der Waals surface area (Å²) >= 11 is 6.21. The first-order valence-electron chi connectivity index (χ1n) is 11.5. The van der Waals surface area contributed by atoms with Gasteiger partial charge in [-0.3, -0.25) is 14.6 Å². The van der Waals surface area contributed by atoms with Crippen molar-refractivity contribution in [3.8, 4) is 5.75 Å². The van der Waals surface area contributed by atoms with Crippen molar-refractivity contribution >= 4 is 23.4 Å². The zero-order valence-corrected chi connectivity index (χ0v) is 20.3. The van der Waals surface area contributed by atoms with E-state index in [1.807, 2.05) is 72.8 Å². The fourth-order valence-electron chi connectivity index (χ4n) is 3.78. The van der Waals surface area contributed by atoms with Gasteiger partial charge in [-0.25, -0.2) is 0 Å². The van der Waals surface area contributed by atoms with Gasteiger partial charge in [0.1, 0.15) is 11.8 Å². The lowest BCUT2D eigenvalue weighted by Gasteiger charge is -2.31. The van der Waals surface area contributed by atoms with E-state index in [4.69, 9.17) is 16.3 Å². The second kappa shape index (κ2) is 12.5. The largest absolute Gasteiger partial charge is 0.482 e. The van der Waals surface area contributed by atoms with Crippen LogP contribution in [0.15, 0.2) is 109 Å². The number of aromatic nitrogens is 1. The Bertz CT molecular complexity index is 1270. The van der Waals surface area contributed by atoms with E-state index in [0.29, 0.717) is 22.9 Å². The van der Waals surface area contributed by atoms with Crippen LogP contribution in [-0.2, 0) is 22.7 Å². The normalized spacial score (nSPS) is 11.4. The lowest BCUT2D eigenvalue weighted by atomic mass is 10.0. The first-order valence-corrected chi connectivity index (χ1v) is 11.9. The zero-order valence-electron chi connectivity index (χ0n) is 19.6.